The number of anilines is 3. The quantitative estimate of drug-likeness (QED) is 0.504. The van der Waals surface area contributed by atoms with Gasteiger partial charge in [-0.15, -0.1) is 0 Å². The van der Waals surface area contributed by atoms with E-state index in [-0.39, 0.29) is 18.4 Å². The van der Waals surface area contributed by atoms with E-state index >= 15 is 0 Å². The van der Waals surface area contributed by atoms with E-state index in [2.05, 4.69) is 29.8 Å². The molecule has 156 valence electrons. The van der Waals surface area contributed by atoms with Gasteiger partial charge in [0.15, 0.2) is 0 Å². The van der Waals surface area contributed by atoms with Crippen LogP contribution in [0.5, 0.6) is 5.75 Å². The van der Waals surface area contributed by atoms with Crippen molar-refractivity contribution in [1.29, 1.82) is 0 Å². The Hall–Kier alpha value is -3.02. The van der Waals surface area contributed by atoms with E-state index in [0.717, 1.165) is 30.0 Å². The number of carbonyl (C=O) groups is 2. The molecule has 0 atom stereocenters. The molecule has 0 bridgehead atoms. The SMILES string of the molecule is CCCC(=O)Nc1ccc(NCC(=O)Nc2cccc(OCCC(C)C)c2)cc1. The van der Waals surface area contributed by atoms with Gasteiger partial charge in [0.1, 0.15) is 5.75 Å². The van der Waals surface area contributed by atoms with E-state index < -0.39 is 0 Å². The summed E-state index contributed by atoms with van der Waals surface area (Å²) in [5.41, 5.74) is 2.25. The molecule has 0 aromatic heterocycles. The molecule has 0 aliphatic heterocycles. The van der Waals surface area contributed by atoms with Crippen molar-refractivity contribution in [3.8, 4) is 5.75 Å². The van der Waals surface area contributed by atoms with Gasteiger partial charge in [0.2, 0.25) is 11.8 Å². The first-order chi connectivity index (χ1) is 14.0. The molecule has 0 aliphatic carbocycles. The van der Waals surface area contributed by atoms with Gasteiger partial charge in [0, 0.05) is 29.5 Å². The average molecular weight is 398 g/mol. The molecule has 29 heavy (non-hydrogen) atoms. The lowest BCUT2D eigenvalue weighted by Gasteiger charge is -2.11. The lowest BCUT2D eigenvalue weighted by molar-refractivity contribution is -0.116. The highest BCUT2D eigenvalue weighted by molar-refractivity contribution is 5.94. The Labute approximate surface area is 173 Å². The topological polar surface area (TPSA) is 79.5 Å². The van der Waals surface area contributed by atoms with Gasteiger partial charge in [-0.1, -0.05) is 26.8 Å². The monoisotopic (exact) mass is 397 g/mol. The molecule has 6 nitrogen and oxygen atoms in total. The molecule has 2 aromatic rings. The Morgan fingerprint density at radius 2 is 1.62 bits per heavy atom. The van der Waals surface area contributed by atoms with Crippen LogP contribution in [-0.2, 0) is 9.59 Å². The third kappa shape index (κ3) is 8.68. The van der Waals surface area contributed by atoms with Crippen LogP contribution in [0.3, 0.4) is 0 Å². The van der Waals surface area contributed by atoms with Crippen LogP contribution in [0.1, 0.15) is 40.0 Å². The maximum Gasteiger partial charge on any atom is 0.243 e. The molecule has 0 spiro atoms. The summed E-state index contributed by atoms with van der Waals surface area (Å²) in [6.45, 7) is 7.07. The van der Waals surface area contributed by atoms with Crippen LogP contribution in [0.25, 0.3) is 0 Å². The van der Waals surface area contributed by atoms with Gasteiger partial charge >= 0.3 is 0 Å². The van der Waals surface area contributed by atoms with Crippen molar-refractivity contribution in [2.24, 2.45) is 5.92 Å². The van der Waals surface area contributed by atoms with Gasteiger partial charge in [-0.25, -0.2) is 0 Å². The summed E-state index contributed by atoms with van der Waals surface area (Å²) in [6.07, 6.45) is 2.30. The van der Waals surface area contributed by atoms with Crippen LogP contribution in [0.4, 0.5) is 17.1 Å². The van der Waals surface area contributed by atoms with Crippen LogP contribution in [0, 0.1) is 5.92 Å². The van der Waals surface area contributed by atoms with Gasteiger partial charge in [0.05, 0.1) is 13.2 Å². The van der Waals surface area contributed by atoms with Gasteiger partial charge in [-0.3, -0.25) is 9.59 Å². The first kappa shape index (κ1) is 22.3. The fourth-order valence-electron chi connectivity index (χ4n) is 2.59. The normalized spacial score (nSPS) is 10.5. The Bertz CT molecular complexity index is 788. The van der Waals surface area contributed by atoms with Crippen molar-refractivity contribution in [2.45, 2.75) is 40.0 Å². The standard InChI is InChI=1S/C23H31N3O3/c1-4-6-22(27)25-19-11-9-18(10-12-19)24-16-23(28)26-20-7-5-8-21(15-20)29-14-13-17(2)3/h5,7-12,15,17,24H,4,6,13-14,16H2,1-3H3,(H,25,27)(H,26,28). The number of carbonyl (C=O) groups excluding carboxylic acids is 2. The van der Waals surface area contributed by atoms with Crippen LogP contribution < -0.4 is 20.7 Å². The number of rotatable bonds is 11. The predicted molar refractivity (Wildman–Crippen MR) is 118 cm³/mol. The molecule has 0 saturated carbocycles. The van der Waals surface area contributed by atoms with E-state index in [1.54, 1.807) is 0 Å². The van der Waals surface area contributed by atoms with Gasteiger partial charge in [-0.05, 0) is 55.2 Å². The molecule has 0 fully saturated rings. The molecular weight excluding hydrogens is 366 g/mol. The Balaban J connectivity index is 1.78. The van der Waals surface area contributed by atoms with E-state index in [1.807, 2.05) is 55.5 Å². The number of benzene rings is 2. The molecule has 0 aliphatic rings. The highest BCUT2D eigenvalue weighted by atomic mass is 16.5. The van der Waals surface area contributed by atoms with Crippen LogP contribution in [0.15, 0.2) is 48.5 Å². The fraction of sp³-hybridized carbons (Fsp3) is 0.391. The van der Waals surface area contributed by atoms with Crippen molar-refractivity contribution >= 4 is 28.9 Å². The summed E-state index contributed by atoms with van der Waals surface area (Å²) in [7, 11) is 0. The molecule has 2 amide bonds. The van der Waals surface area contributed by atoms with Crippen molar-refractivity contribution in [3.05, 3.63) is 48.5 Å². The number of amides is 2. The molecule has 3 N–H and O–H groups in total. The minimum atomic E-state index is -0.148. The summed E-state index contributed by atoms with van der Waals surface area (Å²) in [5, 5.41) is 8.78. The summed E-state index contributed by atoms with van der Waals surface area (Å²) < 4.78 is 5.73. The van der Waals surface area contributed by atoms with Gasteiger partial charge in [0.25, 0.3) is 0 Å². The Kier molecular flexibility index (Phi) is 9.02. The maximum atomic E-state index is 12.2. The lowest BCUT2D eigenvalue weighted by Crippen LogP contribution is -2.21. The molecule has 6 heteroatoms. The number of ether oxygens (including phenoxy) is 1. The van der Waals surface area contributed by atoms with Crippen LogP contribution >= 0.6 is 0 Å². The van der Waals surface area contributed by atoms with Crippen molar-refractivity contribution in [2.75, 3.05) is 29.1 Å². The van der Waals surface area contributed by atoms with Crippen molar-refractivity contribution < 1.29 is 14.3 Å². The van der Waals surface area contributed by atoms with Crippen LogP contribution in [-0.4, -0.2) is 25.0 Å². The van der Waals surface area contributed by atoms with Crippen molar-refractivity contribution in [1.82, 2.24) is 0 Å². The number of nitrogens with one attached hydrogen (secondary N) is 3. The fourth-order valence-corrected chi connectivity index (χ4v) is 2.59. The molecule has 0 unspecified atom stereocenters. The zero-order valence-electron chi connectivity index (χ0n) is 17.5. The first-order valence-corrected chi connectivity index (χ1v) is 10.1. The molecule has 0 heterocycles. The van der Waals surface area contributed by atoms with Gasteiger partial charge < -0.3 is 20.7 Å². The third-order valence-electron chi connectivity index (χ3n) is 4.18. The van der Waals surface area contributed by atoms with E-state index in [9.17, 15) is 9.59 Å². The number of hydrogen-bond donors (Lipinski definition) is 3. The summed E-state index contributed by atoms with van der Waals surface area (Å²) in [4.78, 5) is 23.8. The number of hydrogen-bond acceptors (Lipinski definition) is 4. The summed E-state index contributed by atoms with van der Waals surface area (Å²) in [6, 6.07) is 14.7. The molecule has 0 radical (unpaired) electrons. The van der Waals surface area contributed by atoms with E-state index in [4.69, 9.17) is 4.74 Å². The first-order valence-electron chi connectivity index (χ1n) is 10.1. The summed E-state index contributed by atoms with van der Waals surface area (Å²) >= 11 is 0. The second-order valence-corrected chi connectivity index (χ2v) is 7.34. The summed E-state index contributed by atoms with van der Waals surface area (Å²) in [5.74, 6) is 1.19. The second kappa shape index (κ2) is 11.7. The molecule has 2 aromatic carbocycles. The zero-order chi connectivity index (χ0) is 21.1. The van der Waals surface area contributed by atoms with Gasteiger partial charge in [-0.2, -0.15) is 0 Å². The highest BCUT2D eigenvalue weighted by Crippen LogP contribution is 2.18. The molecule has 2 rings (SSSR count). The molecule has 0 saturated heterocycles. The van der Waals surface area contributed by atoms with Crippen molar-refractivity contribution in [3.63, 3.8) is 0 Å². The second-order valence-electron chi connectivity index (χ2n) is 7.34. The predicted octanol–water partition coefficient (Wildman–Crippen LogP) is 4.90. The highest BCUT2D eigenvalue weighted by Gasteiger charge is 2.05. The molecular formula is C23H31N3O3. The Morgan fingerprint density at radius 1 is 0.931 bits per heavy atom. The smallest absolute Gasteiger partial charge is 0.243 e. The zero-order valence-corrected chi connectivity index (χ0v) is 17.5. The lowest BCUT2D eigenvalue weighted by atomic mass is 10.1. The minimum Gasteiger partial charge on any atom is -0.494 e. The Morgan fingerprint density at radius 3 is 2.31 bits per heavy atom. The third-order valence-corrected chi connectivity index (χ3v) is 4.18. The largest absolute Gasteiger partial charge is 0.494 e. The average Bonchev–Trinajstić information content (AvgIpc) is 2.68. The van der Waals surface area contributed by atoms with Crippen LogP contribution in [0.2, 0.25) is 0 Å². The maximum absolute atomic E-state index is 12.2. The minimum absolute atomic E-state index is 0.00278. The van der Waals surface area contributed by atoms with E-state index in [1.165, 1.54) is 0 Å². The van der Waals surface area contributed by atoms with E-state index in [0.29, 0.717) is 24.6 Å².